The molecule has 3 rings (SSSR count). The molecule has 2 aromatic carbocycles. The highest BCUT2D eigenvalue weighted by molar-refractivity contribution is 8.00. The molecule has 0 saturated carbocycles. The lowest BCUT2D eigenvalue weighted by atomic mass is 10.1. The van der Waals surface area contributed by atoms with Gasteiger partial charge in [0.25, 0.3) is 0 Å². The lowest BCUT2D eigenvalue weighted by molar-refractivity contribution is 0.813. The standard InChI is InChI=1S/C18H21NS/c1-13-8-14(2)10-16(9-13)19(3)12-17-11-15-6-4-5-7-18(15)20-17/h4-10,17H,11-12H2,1-3H3. The van der Waals surface area contributed by atoms with Crippen LogP contribution in [0.3, 0.4) is 0 Å². The molecule has 0 aliphatic carbocycles. The lowest BCUT2D eigenvalue weighted by Gasteiger charge is -2.23. The van der Waals surface area contributed by atoms with E-state index < -0.39 is 0 Å². The Bertz CT molecular complexity index is 575. The molecule has 1 unspecified atom stereocenters. The van der Waals surface area contributed by atoms with Gasteiger partial charge in [0.1, 0.15) is 0 Å². The summed E-state index contributed by atoms with van der Waals surface area (Å²) in [5, 5.41) is 0.665. The Kier molecular flexibility index (Phi) is 3.75. The number of rotatable bonds is 3. The van der Waals surface area contributed by atoms with Gasteiger partial charge in [-0.2, -0.15) is 0 Å². The third-order valence-electron chi connectivity index (χ3n) is 3.84. The lowest BCUT2D eigenvalue weighted by Crippen LogP contribution is -2.27. The number of hydrogen-bond donors (Lipinski definition) is 0. The zero-order chi connectivity index (χ0) is 14.1. The van der Waals surface area contributed by atoms with Crippen molar-refractivity contribution < 1.29 is 0 Å². The number of nitrogens with zero attached hydrogens (tertiary/aromatic N) is 1. The fraction of sp³-hybridized carbons (Fsp3) is 0.333. The zero-order valence-electron chi connectivity index (χ0n) is 12.4. The first kappa shape index (κ1) is 13.6. The van der Waals surface area contributed by atoms with Crippen LogP contribution in [-0.2, 0) is 6.42 Å². The molecule has 0 bridgehead atoms. The Morgan fingerprint density at radius 3 is 2.50 bits per heavy atom. The van der Waals surface area contributed by atoms with Crippen molar-refractivity contribution in [2.24, 2.45) is 0 Å². The number of hydrogen-bond acceptors (Lipinski definition) is 2. The summed E-state index contributed by atoms with van der Waals surface area (Å²) in [5.41, 5.74) is 5.53. The molecule has 20 heavy (non-hydrogen) atoms. The van der Waals surface area contributed by atoms with Gasteiger partial charge in [-0.05, 0) is 55.2 Å². The minimum atomic E-state index is 0.665. The van der Waals surface area contributed by atoms with Crippen LogP contribution < -0.4 is 4.90 Å². The van der Waals surface area contributed by atoms with Crippen LogP contribution >= 0.6 is 11.8 Å². The summed E-state index contributed by atoms with van der Waals surface area (Å²) in [5.74, 6) is 0. The van der Waals surface area contributed by atoms with E-state index in [1.54, 1.807) is 0 Å². The third kappa shape index (κ3) is 2.85. The van der Waals surface area contributed by atoms with Crippen molar-refractivity contribution in [1.29, 1.82) is 0 Å². The summed E-state index contributed by atoms with van der Waals surface area (Å²) in [6.45, 7) is 5.44. The molecule has 1 heterocycles. The molecular formula is C18H21NS. The summed E-state index contributed by atoms with van der Waals surface area (Å²) in [7, 11) is 2.21. The Morgan fingerprint density at radius 1 is 1.10 bits per heavy atom. The normalized spacial score (nSPS) is 17.1. The SMILES string of the molecule is Cc1cc(C)cc(N(C)CC2Cc3ccccc3S2)c1. The molecule has 0 fully saturated rings. The molecule has 1 atom stereocenters. The van der Waals surface area contributed by atoms with E-state index >= 15 is 0 Å². The largest absolute Gasteiger partial charge is 0.373 e. The minimum Gasteiger partial charge on any atom is -0.373 e. The van der Waals surface area contributed by atoms with Gasteiger partial charge in [-0.15, -0.1) is 11.8 Å². The van der Waals surface area contributed by atoms with E-state index in [0.29, 0.717) is 5.25 Å². The van der Waals surface area contributed by atoms with Gasteiger partial charge < -0.3 is 4.90 Å². The van der Waals surface area contributed by atoms with Crippen molar-refractivity contribution in [2.45, 2.75) is 30.4 Å². The molecule has 0 aromatic heterocycles. The van der Waals surface area contributed by atoms with E-state index in [-0.39, 0.29) is 0 Å². The van der Waals surface area contributed by atoms with Crippen molar-refractivity contribution in [1.82, 2.24) is 0 Å². The van der Waals surface area contributed by atoms with Crippen LogP contribution in [0.5, 0.6) is 0 Å². The van der Waals surface area contributed by atoms with Crippen LogP contribution in [0.4, 0.5) is 5.69 Å². The molecule has 0 amide bonds. The summed E-state index contributed by atoms with van der Waals surface area (Å²) in [4.78, 5) is 3.86. The quantitative estimate of drug-likeness (QED) is 0.818. The molecule has 104 valence electrons. The number of thioether (sulfide) groups is 1. The molecular weight excluding hydrogens is 262 g/mol. The van der Waals surface area contributed by atoms with Crippen molar-refractivity contribution in [3.05, 3.63) is 59.2 Å². The first-order chi connectivity index (χ1) is 9.61. The van der Waals surface area contributed by atoms with E-state index in [1.807, 2.05) is 11.8 Å². The summed E-state index contributed by atoms with van der Waals surface area (Å²) in [6, 6.07) is 15.6. The molecule has 1 nitrogen and oxygen atoms in total. The maximum atomic E-state index is 2.39. The molecule has 0 saturated heterocycles. The molecule has 0 radical (unpaired) electrons. The molecule has 2 heteroatoms. The minimum absolute atomic E-state index is 0.665. The van der Waals surface area contributed by atoms with Gasteiger partial charge >= 0.3 is 0 Å². The Hall–Kier alpha value is -1.41. The molecule has 0 N–H and O–H groups in total. The highest BCUT2D eigenvalue weighted by Gasteiger charge is 2.23. The van der Waals surface area contributed by atoms with Gasteiger partial charge in [0.15, 0.2) is 0 Å². The second kappa shape index (κ2) is 5.53. The first-order valence-corrected chi connectivity index (χ1v) is 8.04. The molecule has 1 aliphatic rings. The van der Waals surface area contributed by atoms with Crippen LogP contribution in [0.15, 0.2) is 47.4 Å². The van der Waals surface area contributed by atoms with E-state index in [0.717, 1.165) is 6.54 Å². The average molecular weight is 283 g/mol. The van der Waals surface area contributed by atoms with E-state index in [4.69, 9.17) is 0 Å². The maximum absolute atomic E-state index is 2.39. The van der Waals surface area contributed by atoms with Gasteiger partial charge in [0.2, 0.25) is 0 Å². The second-order valence-corrected chi connectivity index (χ2v) is 7.12. The number of fused-ring (bicyclic) bond motifs is 1. The van der Waals surface area contributed by atoms with Gasteiger partial charge in [-0.3, -0.25) is 0 Å². The third-order valence-corrected chi connectivity index (χ3v) is 5.14. The summed E-state index contributed by atoms with van der Waals surface area (Å²) < 4.78 is 0. The molecule has 2 aromatic rings. The van der Waals surface area contributed by atoms with Crippen molar-refractivity contribution >= 4 is 17.4 Å². The second-order valence-electron chi connectivity index (χ2n) is 5.78. The number of anilines is 1. The summed E-state index contributed by atoms with van der Waals surface area (Å²) in [6.07, 6.45) is 1.19. The predicted molar refractivity (Wildman–Crippen MR) is 89.0 cm³/mol. The van der Waals surface area contributed by atoms with E-state index in [2.05, 4.69) is 68.3 Å². The van der Waals surface area contributed by atoms with E-state index in [1.165, 1.54) is 33.7 Å². The Morgan fingerprint density at radius 2 is 1.80 bits per heavy atom. The van der Waals surface area contributed by atoms with Crippen LogP contribution in [0.25, 0.3) is 0 Å². The van der Waals surface area contributed by atoms with Crippen molar-refractivity contribution in [3.63, 3.8) is 0 Å². The topological polar surface area (TPSA) is 3.24 Å². The highest BCUT2D eigenvalue weighted by Crippen LogP contribution is 2.37. The molecule has 0 spiro atoms. The smallest absolute Gasteiger partial charge is 0.0369 e. The summed E-state index contributed by atoms with van der Waals surface area (Å²) >= 11 is 2.03. The predicted octanol–water partition coefficient (Wildman–Crippen LogP) is 4.46. The van der Waals surface area contributed by atoms with E-state index in [9.17, 15) is 0 Å². The fourth-order valence-electron chi connectivity index (χ4n) is 2.94. The Balaban J connectivity index is 1.70. The van der Waals surface area contributed by atoms with Gasteiger partial charge in [-0.25, -0.2) is 0 Å². The monoisotopic (exact) mass is 283 g/mol. The van der Waals surface area contributed by atoms with Crippen LogP contribution in [0.1, 0.15) is 16.7 Å². The van der Waals surface area contributed by atoms with Gasteiger partial charge in [-0.1, -0.05) is 24.3 Å². The number of aryl methyl sites for hydroxylation is 2. The first-order valence-electron chi connectivity index (χ1n) is 7.16. The van der Waals surface area contributed by atoms with Crippen LogP contribution in [0.2, 0.25) is 0 Å². The highest BCUT2D eigenvalue weighted by atomic mass is 32.2. The maximum Gasteiger partial charge on any atom is 0.0369 e. The van der Waals surface area contributed by atoms with Crippen molar-refractivity contribution in [2.75, 3.05) is 18.5 Å². The van der Waals surface area contributed by atoms with Crippen LogP contribution in [0, 0.1) is 13.8 Å². The number of benzene rings is 2. The Labute approximate surface area is 126 Å². The average Bonchev–Trinajstić information content (AvgIpc) is 2.79. The van der Waals surface area contributed by atoms with Crippen molar-refractivity contribution in [3.8, 4) is 0 Å². The van der Waals surface area contributed by atoms with Gasteiger partial charge in [0, 0.05) is 29.4 Å². The van der Waals surface area contributed by atoms with Crippen LogP contribution in [-0.4, -0.2) is 18.8 Å². The zero-order valence-corrected chi connectivity index (χ0v) is 13.2. The van der Waals surface area contributed by atoms with Gasteiger partial charge in [0.05, 0.1) is 0 Å². The fourth-order valence-corrected chi connectivity index (χ4v) is 4.32. The molecule has 1 aliphatic heterocycles.